The summed E-state index contributed by atoms with van der Waals surface area (Å²) in [5.74, 6) is -1.62. The molecule has 9 heteroatoms. The highest BCUT2D eigenvalue weighted by atomic mass is 19.4. The highest BCUT2D eigenvalue weighted by Crippen LogP contribution is 2.28. The Balaban J connectivity index is 1.93. The van der Waals surface area contributed by atoms with Crippen LogP contribution in [0, 0.1) is 13.8 Å². The van der Waals surface area contributed by atoms with E-state index in [-0.39, 0.29) is 0 Å². The lowest BCUT2D eigenvalue weighted by molar-refractivity contribution is -0.148. The minimum Gasteiger partial charge on any atom is -0.454 e. The number of esters is 1. The SMILES string of the molecule is Cc1ccc(NC(=O)COC(=O)Cn2cc(C(F)(F)F)ccc2=O)cc1C. The van der Waals surface area contributed by atoms with Gasteiger partial charge in [0.15, 0.2) is 6.61 Å². The van der Waals surface area contributed by atoms with Crippen LogP contribution in [0.4, 0.5) is 18.9 Å². The standard InChI is InChI=1S/C18H17F3N2O4/c1-11-3-5-14(7-12(11)2)22-15(24)10-27-17(26)9-23-8-13(18(19,20)21)4-6-16(23)25/h3-8H,9-10H2,1-2H3,(H,22,24). The first-order valence-electron chi connectivity index (χ1n) is 7.86. The Kier molecular flexibility index (Phi) is 6.04. The number of nitrogens with one attached hydrogen (secondary N) is 1. The maximum absolute atomic E-state index is 12.7. The van der Waals surface area contributed by atoms with Gasteiger partial charge in [-0.2, -0.15) is 13.2 Å². The van der Waals surface area contributed by atoms with E-state index in [1.165, 1.54) is 0 Å². The van der Waals surface area contributed by atoms with Crippen molar-refractivity contribution < 1.29 is 27.5 Å². The number of aromatic nitrogens is 1. The molecule has 1 aromatic heterocycles. The second-order valence-corrected chi connectivity index (χ2v) is 5.89. The molecule has 0 unspecified atom stereocenters. The fourth-order valence-corrected chi connectivity index (χ4v) is 2.17. The summed E-state index contributed by atoms with van der Waals surface area (Å²) in [6.45, 7) is 2.43. The highest BCUT2D eigenvalue weighted by molar-refractivity contribution is 5.92. The van der Waals surface area contributed by atoms with E-state index >= 15 is 0 Å². The van der Waals surface area contributed by atoms with Gasteiger partial charge in [0.25, 0.3) is 11.5 Å². The number of hydrogen-bond donors (Lipinski definition) is 1. The molecule has 0 aliphatic heterocycles. The quantitative estimate of drug-likeness (QED) is 0.807. The normalized spacial score (nSPS) is 11.1. The van der Waals surface area contributed by atoms with Gasteiger partial charge < -0.3 is 14.6 Å². The van der Waals surface area contributed by atoms with Crippen LogP contribution in [0.15, 0.2) is 41.3 Å². The van der Waals surface area contributed by atoms with Crippen molar-refractivity contribution in [2.24, 2.45) is 0 Å². The van der Waals surface area contributed by atoms with Gasteiger partial charge in [0.1, 0.15) is 6.54 Å². The van der Waals surface area contributed by atoms with Crippen molar-refractivity contribution in [3.8, 4) is 0 Å². The molecule has 0 atom stereocenters. The Morgan fingerprint density at radius 3 is 2.44 bits per heavy atom. The van der Waals surface area contributed by atoms with Gasteiger partial charge in [-0.1, -0.05) is 6.07 Å². The predicted molar refractivity (Wildman–Crippen MR) is 91.2 cm³/mol. The van der Waals surface area contributed by atoms with E-state index in [0.29, 0.717) is 28.6 Å². The van der Waals surface area contributed by atoms with E-state index in [1.54, 1.807) is 12.1 Å². The van der Waals surface area contributed by atoms with Gasteiger partial charge in [0, 0.05) is 18.0 Å². The Labute approximate surface area is 152 Å². The van der Waals surface area contributed by atoms with Crippen molar-refractivity contribution in [1.82, 2.24) is 4.57 Å². The number of amides is 1. The van der Waals surface area contributed by atoms with Crippen LogP contribution in [0.1, 0.15) is 16.7 Å². The molecule has 0 bridgehead atoms. The lowest BCUT2D eigenvalue weighted by Crippen LogP contribution is -2.28. The van der Waals surface area contributed by atoms with Crippen LogP contribution in [0.2, 0.25) is 0 Å². The molecule has 144 valence electrons. The summed E-state index contributed by atoms with van der Waals surface area (Å²) in [4.78, 5) is 35.1. The fraction of sp³-hybridized carbons (Fsp3) is 0.278. The smallest absolute Gasteiger partial charge is 0.417 e. The van der Waals surface area contributed by atoms with Gasteiger partial charge >= 0.3 is 12.1 Å². The molecule has 0 saturated heterocycles. The lowest BCUT2D eigenvalue weighted by atomic mass is 10.1. The molecule has 0 aliphatic rings. The average Bonchev–Trinajstić information content (AvgIpc) is 2.57. The summed E-state index contributed by atoms with van der Waals surface area (Å²) < 4.78 is 43.3. The third-order valence-electron chi connectivity index (χ3n) is 3.77. The van der Waals surface area contributed by atoms with Gasteiger partial charge in [0.2, 0.25) is 0 Å². The number of rotatable bonds is 5. The fourth-order valence-electron chi connectivity index (χ4n) is 2.17. The molecular formula is C18H17F3N2O4. The van der Waals surface area contributed by atoms with E-state index in [9.17, 15) is 27.6 Å². The third-order valence-corrected chi connectivity index (χ3v) is 3.77. The molecule has 2 rings (SSSR count). The van der Waals surface area contributed by atoms with Crippen molar-refractivity contribution >= 4 is 17.6 Å². The molecule has 2 aromatic rings. The number of benzene rings is 1. The zero-order valence-electron chi connectivity index (χ0n) is 14.6. The van der Waals surface area contributed by atoms with Crippen molar-refractivity contribution in [3.05, 3.63) is 63.6 Å². The molecule has 0 aliphatic carbocycles. The number of aryl methyl sites for hydroxylation is 2. The number of ether oxygens (including phenoxy) is 1. The molecule has 1 aromatic carbocycles. The Morgan fingerprint density at radius 2 is 1.81 bits per heavy atom. The Bertz CT molecular complexity index is 920. The van der Waals surface area contributed by atoms with Crippen molar-refractivity contribution in [3.63, 3.8) is 0 Å². The first-order chi connectivity index (χ1) is 12.6. The Morgan fingerprint density at radius 1 is 1.11 bits per heavy atom. The molecule has 6 nitrogen and oxygen atoms in total. The third kappa shape index (κ3) is 5.70. The summed E-state index contributed by atoms with van der Waals surface area (Å²) in [5.41, 5.74) is 0.676. The van der Waals surface area contributed by atoms with Gasteiger partial charge in [-0.05, 0) is 43.2 Å². The summed E-state index contributed by atoms with van der Waals surface area (Å²) in [7, 11) is 0. The summed E-state index contributed by atoms with van der Waals surface area (Å²) in [6.07, 6.45) is -4.12. The zero-order valence-corrected chi connectivity index (χ0v) is 14.6. The first-order valence-corrected chi connectivity index (χ1v) is 7.86. The molecule has 1 N–H and O–H groups in total. The summed E-state index contributed by atoms with van der Waals surface area (Å²) >= 11 is 0. The van der Waals surface area contributed by atoms with Crippen LogP contribution in [-0.2, 0) is 27.0 Å². The molecule has 1 amide bonds. The molecular weight excluding hydrogens is 365 g/mol. The van der Waals surface area contributed by atoms with E-state index in [1.807, 2.05) is 19.9 Å². The number of alkyl halides is 3. The molecule has 0 spiro atoms. The van der Waals surface area contributed by atoms with Crippen LogP contribution >= 0.6 is 0 Å². The monoisotopic (exact) mass is 382 g/mol. The van der Waals surface area contributed by atoms with E-state index in [0.717, 1.165) is 11.1 Å². The Hall–Kier alpha value is -3.10. The maximum atomic E-state index is 12.7. The zero-order chi connectivity index (χ0) is 20.2. The minimum absolute atomic E-state index is 0.522. The van der Waals surface area contributed by atoms with Crippen LogP contribution in [0.3, 0.4) is 0 Å². The molecule has 0 fully saturated rings. The first kappa shape index (κ1) is 20.2. The van der Waals surface area contributed by atoms with Crippen molar-refractivity contribution in [1.29, 1.82) is 0 Å². The number of halogens is 3. The largest absolute Gasteiger partial charge is 0.454 e. The lowest BCUT2D eigenvalue weighted by Gasteiger charge is -2.11. The van der Waals surface area contributed by atoms with E-state index in [4.69, 9.17) is 4.74 Å². The number of carbonyl (C=O) groups is 2. The number of anilines is 1. The topological polar surface area (TPSA) is 77.4 Å². The average molecular weight is 382 g/mol. The second-order valence-electron chi connectivity index (χ2n) is 5.89. The number of pyridine rings is 1. The maximum Gasteiger partial charge on any atom is 0.417 e. The molecule has 1 heterocycles. The van der Waals surface area contributed by atoms with Gasteiger partial charge in [0.05, 0.1) is 5.56 Å². The summed E-state index contributed by atoms with van der Waals surface area (Å²) in [6, 6.07) is 6.59. The van der Waals surface area contributed by atoms with Crippen LogP contribution in [0.25, 0.3) is 0 Å². The summed E-state index contributed by atoms with van der Waals surface area (Å²) in [5, 5.41) is 2.54. The van der Waals surface area contributed by atoms with E-state index in [2.05, 4.69) is 5.32 Å². The van der Waals surface area contributed by atoms with Crippen LogP contribution in [0.5, 0.6) is 0 Å². The predicted octanol–water partition coefficient (Wildman–Crippen LogP) is 2.67. The van der Waals surface area contributed by atoms with Gasteiger partial charge in [-0.25, -0.2) is 0 Å². The number of hydrogen-bond acceptors (Lipinski definition) is 4. The number of nitrogens with zero attached hydrogens (tertiary/aromatic N) is 1. The van der Waals surface area contributed by atoms with Crippen molar-refractivity contribution in [2.45, 2.75) is 26.6 Å². The molecule has 0 radical (unpaired) electrons. The van der Waals surface area contributed by atoms with E-state index < -0.39 is 42.3 Å². The van der Waals surface area contributed by atoms with Gasteiger partial charge in [-0.15, -0.1) is 0 Å². The van der Waals surface area contributed by atoms with Crippen LogP contribution in [-0.4, -0.2) is 23.1 Å². The van der Waals surface area contributed by atoms with Crippen molar-refractivity contribution in [2.75, 3.05) is 11.9 Å². The molecule has 0 saturated carbocycles. The van der Waals surface area contributed by atoms with Crippen LogP contribution < -0.4 is 10.9 Å². The minimum atomic E-state index is -4.65. The second kappa shape index (κ2) is 8.07. The van der Waals surface area contributed by atoms with Gasteiger partial charge in [-0.3, -0.25) is 14.4 Å². The highest BCUT2D eigenvalue weighted by Gasteiger charge is 2.31. The molecule has 27 heavy (non-hydrogen) atoms. The number of carbonyl (C=O) groups excluding carboxylic acids is 2.